The zero-order chi connectivity index (χ0) is 14.5. The first-order valence-electron chi connectivity index (χ1n) is 7.32. The van der Waals surface area contributed by atoms with Crippen molar-refractivity contribution in [2.45, 2.75) is 25.8 Å². The maximum atomic E-state index is 4.67. The molecule has 2 rings (SSSR count). The average Bonchev–Trinajstić information content (AvgIpc) is 2.39. The molecule has 1 aliphatic rings. The molecule has 0 saturated carbocycles. The molecule has 2 heterocycles. The lowest BCUT2D eigenvalue weighted by Crippen LogP contribution is -2.51. The van der Waals surface area contributed by atoms with Gasteiger partial charge in [0.15, 0.2) is 0 Å². The summed E-state index contributed by atoms with van der Waals surface area (Å²) < 4.78 is 0. The Kier molecular flexibility index (Phi) is 5.14. The number of anilines is 2. The topological polar surface area (TPSA) is 65.1 Å². The number of hydrogen-bond donors (Lipinski definition) is 3. The Hall–Kier alpha value is -1.40. The first-order valence-corrected chi connectivity index (χ1v) is 7.32. The molecule has 6 heteroatoms. The van der Waals surface area contributed by atoms with E-state index in [-0.39, 0.29) is 0 Å². The number of hydrogen-bond acceptors (Lipinski definition) is 6. The zero-order valence-electron chi connectivity index (χ0n) is 12.9. The van der Waals surface area contributed by atoms with Gasteiger partial charge in [-0.2, -0.15) is 4.98 Å². The summed E-state index contributed by atoms with van der Waals surface area (Å²) in [6.45, 7) is 8.14. The Balaban J connectivity index is 2.15. The monoisotopic (exact) mass is 278 g/mol. The third-order valence-electron chi connectivity index (χ3n) is 3.50. The number of nitrogens with one attached hydrogen (secondary N) is 3. The third kappa shape index (κ3) is 3.80. The first kappa shape index (κ1) is 15.0. The van der Waals surface area contributed by atoms with Crippen molar-refractivity contribution in [2.24, 2.45) is 0 Å². The number of likely N-dealkylation sites (N-methyl/N-ethyl adjacent to an activating group) is 2. The van der Waals surface area contributed by atoms with Crippen LogP contribution in [0.25, 0.3) is 0 Å². The van der Waals surface area contributed by atoms with E-state index in [0.29, 0.717) is 12.0 Å². The van der Waals surface area contributed by atoms with Crippen LogP contribution < -0.4 is 20.9 Å². The van der Waals surface area contributed by atoms with Gasteiger partial charge in [0.1, 0.15) is 5.82 Å². The van der Waals surface area contributed by atoms with Gasteiger partial charge in [-0.25, -0.2) is 4.98 Å². The van der Waals surface area contributed by atoms with Crippen molar-refractivity contribution >= 4 is 11.8 Å². The highest BCUT2D eigenvalue weighted by Crippen LogP contribution is 2.20. The molecular weight excluding hydrogens is 252 g/mol. The van der Waals surface area contributed by atoms with Crippen molar-refractivity contribution in [1.82, 2.24) is 20.6 Å². The van der Waals surface area contributed by atoms with Crippen LogP contribution in [0.4, 0.5) is 11.8 Å². The first-order chi connectivity index (χ1) is 9.60. The summed E-state index contributed by atoms with van der Waals surface area (Å²) in [6, 6.07) is 2.55. The Labute approximate surface area is 121 Å². The molecule has 0 bridgehead atoms. The van der Waals surface area contributed by atoms with E-state index in [2.05, 4.69) is 50.7 Å². The van der Waals surface area contributed by atoms with Gasteiger partial charge < -0.3 is 20.9 Å². The summed E-state index contributed by atoms with van der Waals surface area (Å²) >= 11 is 0. The van der Waals surface area contributed by atoms with Crippen molar-refractivity contribution < 1.29 is 0 Å². The van der Waals surface area contributed by atoms with Gasteiger partial charge in [-0.1, -0.05) is 13.8 Å². The van der Waals surface area contributed by atoms with Gasteiger partial charge in [-0.15, -0.1) is 0 Å². The highest BCUT2D eigenvalue weighted by Gasteiger charge is 2.18. The van der Waals surface area contributed by atoms with Crippen LogP contribution in [-0.4, -0.2) is 56.3 Å². The van der Waals surface area contributed by atoms with Crippen molar-refractivity contribution in [3.63, 3.8) is 0 Å². The summed E-state index contributed by atoms with van der Waals surface area (Å²) in [5, 5.41) is 9.88. The number of rotatable bonds is 7. The molecule has 20 heavy (non-hydrogen) atoms. The molecule has 1 aromatic heterocycles. The molecule has 1 saturated heterocycles. The third-order valence-corrected chi connectivity index (χ3v) is 3.50. The normalized spacial score (nSPS) is 15.2. The standard InChI is InChI=1S/C14H26N6/c1-10(2)12-7-13(17-11-8-16-9-11)19-14(18-12)20(4)6-5-15-3/h7,10-11,15-16H,5-6,8-9H2,1-4H3,(H,17,18,19). The van der Waals surface area contributed by atoms with Gasteiger partial charge in [0.2, 0.25) is 5.95 Å². The van der Waals surface area contributed by atoms with Crippen molar-refractivity contribution in [3.8, 4) is 0 Å². The smallest absolute Gasteiger partial charge is 0.227 e. The molecule has 3 N–H and O–H groups in total. The van der Waals surface area contributed by atoms with Crippen LogP contribution in [0.2, 0.25) is 0 Å². The highest BCUT2D eigenvalue weighted by molar-refractivity contribution is 5.45. The van der Waals surface area contributed by atoms with Gasteiger partial charge in [-0.05, 0) is 13.0 Å². The van der Waals surface area contributed by atoms with Gasteiger partial charge in [-0.3, -0.25) is 0 Å². The maximum Gasteiger partial charge on any atom is 0.227 e. The van der Waals surface area contributed by atoms with Crippen LogP contribution >= 0.6 is 0 Å². The fraction of sp³-hybridized carbons (Fsp3) is 0.714. The minimum Gasteiger partial charge on any atom is -0.365 e. The second kappa shape index (κ2) is 6.85. The molecule has 0 atom stereocenters. The Bertz CT molecular complexity index is 430. The van der Waals surface area contributed by atoms with Gasteiger partial charge >= 0.3 is 0 Å². The van der Waals surface area contributed by atoms with E-state index in [9.17, 15) is 0 Å². The van der Waals surface area contributed by atoms with E-state index in [0.717, 1.165) is 43.6 Å². The molecule has 112 valence electrons. The molecule has 0 unspecified atom stereocenters. The van der Waals surface area contributed by atoms with Crippen molar-refractivity contribution in [2.75, 3.05) is 50.5 Å². The quantitative estimate of drug-likeness (QED) is 0.680. The summed E-state index contributed by atoms with van der Waals surface area (Å²) in [5.74, 6) is 2.12. The summed E-state index contributed by atoms with van der Waals surface area (Å²) in [7, 11) is 3.99. The predicted molar refractivity (Wildman–Crippen MR) is 83.6 cm³/mol. The second-order valence-electron chi connectivity index (χ2n) is 5.66. The molecule has 0 amide bonds. The minimum atomic E-state index is 0.398. The molecule has 0 aliphatic carbocycles. The number of aromatic nitrogens is 2. The Morgan fingerprint density at radius 2 is 2.15 bits per heavy atom. The van der Waals surface area contributed by atoms with Gasteiger partial charge in [0.05, 0.1) is 11.7 Å². The molecular formula is C14H26N6. The molecule has 1 aromatic rings. The highest BCUT2D eigenvalue weighted by atomic mass is 15.3. The molecule has 1 aliphatic heterocycles. The number of nitrogens with zero attached hydrogens (tertiary/aromatic N) is 3. The lowest BCUT2D eigenvalue weighted by Gasteiger charge is -2.29. The van der Waals surface area contributed by atoms with E-state index in [1.54, 1.807) is 0 Å². The minimum absolute atomic E-state index is 0.398. The summed E-state index contributed by atoms with van der Waals surface area (Å²) in [5.41, 5.74) is 1.08. The van der Waals surface area contributed by atoms with Crippen LogP contribution in [-0.2, 0) is 0 Å². The van der Waals surface area contributed by atoms with E-state index >= 15 is 0 Å². The van der Waals surface area contributed by atoms with Crippen LogP contribution in [0, 0.1) is 0 Å². The molecule has 6 nitrogen and oxygen atoms in total. The Morgan fingerprint density at radius 3 is 2.70 bits per heavy atom. The molecule has 0 spiro atoms. The van der Waals surface area contributed by atoms with Crippen molar-refractivity contribution in [1.29, 1.82) is 0 Å². The van der Waals surface area contributed by atoms with E-state index in [1.165, 1.54) is 0 Å². The SMILES string of the molecule is CNCCN(C)c1nc(NC2CNC2)cc(C(C)C)n1. The van der Waals surface area contributed by atoms with Crippen LogP contribution in [0.3, 0.4) is 0 Å². The van der Waals surface area contributed by atoms with E-state index < -0.39 is 0 Å². The van der Waals surface area contributed by atoms with Crippen LogP contribution in [0.1, 0.15) is 25.5 Å². The summed E-state index contributed by atoms with van der Waals surface area (Å²) in [4.78, 5) is 11.4. The zero-order valence-corrected chi connectivity index (χ0v) is 12.9. The molecule has 0 radical (unpaired) electrons. The largest absolute Gasteiger partial charge is 0.365 e. The lowest BCUT2D eigenvalue weighted by atomic mass is 10.1. The van der Waals surface area contributed by atoms with E-state index in [4.69, 9.17) is 0 Å². The van der Waals surface area contributed by atoms with Gasteiger partial charge in [0, 0.05) is 39.3 Å². The molecule has 1 fully saturated rings. The maximum absolute atomic E-state index is 4.67. The Morgan fingerprint density at radius 1 is 1.40 bits per heavy atom. The fourth-order valence-electron chi connectivity index (χ4n) is 1.97. The second-order valence-corrected chi connectivity index (χ2v) is 5.66. The lowest BCUT2D eigenvalue weighted by molar-refractivity contribution is 0.471. The predicted octanol–water partition coefficient (Wildman–Crippen LogP) is 0.639. The van der Waals surface area contributed by atoms with Crippen LogP contribution in [0.15, 0.2) is 6.07 Å². The van der Waals surface area contributed by atoms with Crippen molar-refractivity contribution in [3.05, 3.63) is 11.8 Å². The van der Waals surface area contributed by atoms with Crippen LogP contribution in [0.5, 0.6) is 0 Å². The average molecular weight is 278 g/mol. The fourth-order valence-corrected chi connectivity index (χ4v) is 1.97. The molecule has 0 aromatic carbocycles. The van der Waals surface area contributed by atoms with E-state index in [1.807, 2.05) is 14.1 Å². The summed E-state index contributed by atoms with van der Waals surface area (Å²) in [6.07, 6.45) is 0. The van der Waals surface area contributed by atoms with Gasteiger partial charge in [0.25, 0.3) is 0 Å².